The number of aromatic nitrogens is 3. The van der Waals surface area contributed by atoms with E-state index in [0.29, 0.717) is 28.9 Å². The summed E-state index contributed by atoms with van der Waals surface area (Å²) in [5.41, 5.74) is 1.66. The van der Waals surface area contributed by atoms with Gasteiger partial charge in [0.25, 0.3) is 5.69 Å². The summed E-state index contributed by atoms with van der Waals surface area (Å²) in [7, 11) is 1.46. The van der Waals surface area contributed by atoms with E-state index in [0.717, 1.165) is 12.0 Å². The van der Waals surface area contributed by atoms with Gasteiger partial charge in [-0.15, -0.1) is 0 Å². The van der Waals surface area contributed by atoms with Gasteiger partial charge in [0.2, 0.25) is 5.95 Å². The number of pyridine rings is 1. The van der Waals surface area contributed by atoms with E-state index in [4.69, 9.17) is 4.74 Å². The molecule has 0 bridgehead atoms. The van der Waals surface area contributed by atoms with Crippen molar-refractivity contribution in [2.24, 2.45) is 0 Å². The molecule has 9 nitrogen and oxygen atoms in total. The average Bonchev–Trinajstić information content (AvgIpc) is 2.74. The van der Waals surface area contributed by atoms with Gasteiger partial charge in [-0.3, -0.25) is 15.1 Å². The molecule has 0 saturated carbocycles. The Bertz CT molecular complexity index is 997. The zero-order valence-electron chi connectivity index (χ0n) is 16.4. The van der Waals surface area contributed by atoms with Gasteiger partial charge in [0, 0.05) is 30.1 Å². The van der Waals surface area contributed by atoms with Crippen molar-refractivity contribution in [1.29, 1.82) is 0 Å². The fourth-order valence-electron chi connectivity index (χ4n) is 2.59. The fraction of sp³-hybridized carbons (Fsp3) is 0.250. The third kappa shape index (κ3) is 4.95. The predicted molar refractivity (Wildman–Crippen MR) is 112 cm³/mol. The van der Waals surface area contributed by atoms with Crippen LogP contribution in [0.5, 0.6) is 5.75 Å². The van der Waals surface area contributed by atoms with Gasteiger partial charge in [-0.05, 0) is 37.6 Å². The Morgan fingerprint density at radius 3 is 2.72 bits per heavy atom. The first kappa shape index (κ1) is 20.0. The van der Waals surface area contributed by atoms with Gasteiger partial charge >= 0.3 is 0 Å². The molecular weight excluding hydrogens is 372 g/mol. The molecule has 9 heteroatoms. The van der Waals surface area contributed by atoms with Crippen LogP contribution >= 0.6 is 0 Å². The van der Waals surface area contributed by atoms with Gasteiger partial charge in [-0.1, -0.05) is 6.92 Å². The zero-order chi connectivity index (χ0) is 20.8. The summed E-state index contributed by atoms with van der Waals surface area (Å²) in [5, 5.41) is 17.8. The number of nitro benzene ring substituents is 1. The van der Waals surface area contributed by atoms with E-state index in [1.165, 1.54) is 13.2 Å². The van der Waals surface area contributed by atoms with Crippen LogP contribution in [0.25, 0.3) is 11.3 Å². The van der Waals surface area contributed by atoms with E-state index in [1.54, 1.807) is 30.6 Å². The van der Waals surface area contributed by atoms with E-state index in [-0.39, 0.29) is 11.7 Å². The summed E-state index contributed by atoms with van der Waals surface area (Å²) in [6.07, 6.45) is 4.28. The molecular formula is C20H22N6O3. The molecule has 0 radical (unpaired) electrons. The molecule has 2 aromatic heterocycles. The van der Waals surface area contributed by atoms with Crippen LogP contribution in [0.1, 0.15) is 20.3 Å². The lowest BCUT2D eigenvalue weighted by Crippen LogP contribution is -2.16. The van der Waals surface area contributed by atoms with Gasteiger partial charge < -0.3 is 15.4 Å². The van der Waals surface area contributed by atoms with Crippen molar-refractivity contribution < 1.29 is 9.66 Å². The number of methoxy groups -OCH3 is 1. The first-order valence-corrected chi connectivity index (χ1v) is 9.15. The first-order chi connectivity index (χ1) is 14.0. The Labute approximate surface area is 168 Å². The Balaban J connectivity index is 2.02. The highest BCUT2D eigenvalue weighted by Crippen LogP contribution is 2.32. The number of nitrogens with one attached hydrogen (secondary N) is 2. The second-order valence-electron chi connectivity index (χ2n) is 6.42. The zero-order valence-corrected chi connectivity index (χ0v) is 16.4. The standard InChI is InChI=1S/C20H22N6O3/c1-4-13(2)22-20-24-17(14-6-5-9-21-12-14)11-19(25-20)23-16-8-7-15(29-3)10-18(16)26(27)28/h5-13H,4H2,1-3H3,(H2,22,23,24,25)/t13-/m1/s1. The van der Waals surface area contributed by atoms with Crippen LogP contribution < -0.4 is 15.4 Å². The lowest BCUT2D eigenvalue weighted by Gasteiger charge is -2.15. The minimum Gasteiger partial charge on any atom is -0.496 e. The quantitative estimate of drug-likeness (QED) is 0.426. The molecule has 0 aliphatic rings. The molecule has 0 spiro atoms. The summed E-state index contributed by atoms with van der Waals surface area (Å²) >= 11 is 0. The Morgan fingerprint density at radius 1 is 1.24 bits per heavy atom. The van der Waals surface area contributed by atoms with Crippen LogP contribution in [0.15, 0.2) is 48.8 Å². The van der Waals surface area contributed by atoms with Crippen molar-refractivity contribution in [1.82, 2.24) is 15.0 Å². The molecule has 0 aliphatic heterocycles. The Morgan fingerprint density at radius 2 is 2.07 bits per heavy atom. The summed E-state index contributed by atoms with van der Waals surface area (Å²) < 4.78 is 5.09. The monoisotopic (exact) mass is 394 g/mol. The number of nitro groups is 1. The molecule has 150 valence electrons. The van der Waals surface area contributed by atoms with Gasteiger partial charge in [0.05, 0.1) is 23.8 Å². The van der Waals surface area contributed by atoms with E-state index >= 15 is 0 Å². The van der Waals surface area contributed by atoms with Crippen LogP contribution in [0.4, 0.5) is 23.1 Å². The number of rotatable bonds is 8. The Hall–Kier alpha value is -3.75. The summed E-state index contributed by atoms with van der Waals surface area (Å²) in [6, 6.07) is 10.2. The molecule has 2 heterocycles. The molecule has 1 atom stereocenters. The molecule has 0 unspecified atom stereocenters. The number of benzene rings is 1. The highest BCUT2D eigenvalue weighted by molar-refractivity contribution is 5.72. The van der Waals surface area contributed by atoms with Crippen LogP contribution in [-0.2, 0) is 0 Å². The van der Waals surface area contributed by atoms with E-state index in [9.17, 15) is 10.1 Å². The summed E-state index contributed by atoms with van der Waals surface area (Å²) in [6.45, 7) is 4.09. The maximum Gasteiger partial charge on any atom is 0.296 e. The fourth-order valence-corrected chi connectivity index (χ4v) is 2.59. The van der Waals surface area contributed by atoms with Crippen LogP contribution in [0, 0.1) is 10.1 Å². The maximum atomic E-state index is 11.5. The van der Waals surface area contributed by atoms with Crippen LogP contribution in [0.3, 0.4) is 0 Å². The SMILES string of the molecule is CC[C@@H](C)Nc1nc(Nc2ccc(OC)cc2[N+](=O)[O-])cc(-c2cccnc2)n1. The Kier molecular flexibility index (Phi) is 6.18. The summed E-state index contributed by atoms with van der Waals surface area (Å²) in [4.78, 5) is 24.2. The molecule has 29 heavy (non-hydrogen) atoms. The summed E-state index contributed by atoms with van der Waals surface area (Å²) in [5.74, 6) is 1.26. The van der Waals surface area contributed by atoms with E-state index in [2.05, 4.69) is 32.5 Å². The topological polar surface area (TPSA) is 115 Å². The molecule has 1 aromatic carbocycles. The molecule has 0 aliphatic carbocycles. The lowest BCUT2D eigenvalue weighted by molar-refractivity contribution is -0.384. The molecule has 3 aromatic rings. The molecule has 0 amide bonds. The third-order valence-corrected chi connectivity index (χ3v) is 4.34. The second-order valence-corrected chi connectivity index (χ2v) is 6.42. The van der Waals surface area contributed by atoms with Crippen molar-refractivity contribution in [3.8, 4) is 17.0 Å². The largest absolute Gasteiger partial charge is 0.496 e. The average molecular weight is 394 g/mol. The molecule has 2 N–H and O–H groups in total. The van der Waals surface area contributed by atoms with Crippen molar-refractivity contribution in [3.05, 3.63) is 58.9 Å². The molecule has 0 fully saturated rings. The first-order valence-electron chi connectivity index (χ1n) is 9.15. The highest BCUT2D eigenvalue weighted by Gasteiger charge is 2.17. The van der Waals surface area contributed by atoms with Gasteiger partial charge in [-0.2, -0.15) is 4.98 Å². The predicted octanol–water partition coefficient (Wildman–Crippen LogP) is 4.41. The van der Waals surface area contributed by atoms with E-state index in [1.807, 2.05) is 19.1 Å². The van der Waals surface area contributed by atoms with Crippen molar-refractivity contribution in [3.63, 3.8) is 0 Å². The maximum absolute atomic E-state index is 11.5. The number of hydrogen-bond acceptors (Lipinski definition) is 8. The van der Waals surface area contributed by atoms with Gasteiger partial charge in [-0.25, -0.2) is 4.98 Å². The van der Waals surface area contributed by atoms with Gasteiger partial charge in [0.1, 0.15) is 17.3 Å². The van der Waals surface area contributed by atoms with Crippen molar-refractivity contribution >= 4 is 23.1 Å². The van der Waals surface area contributed by atoms with E-state index < -0.39 is 4.92 Å². The van der Waals surface area contributed by atoms with Crippen LogP contribution in [-0.4, -0.2) is 33.0 Å². The van der Waals surface area contributed by atoms with Crippen LogP contribution in [0.2, 0.25) is 0 Å². The smallest absolute Gasteiger partial charge is 0.296 e. The second kappa shape index (κ2) is 8.96. The third-order valence-electron chi connectivity index (χ3n) is 4.34. The highest BCUT2D eigenvalue weighted by atomic mass is 16.6. The molecule has 3 rings (SSSR count). The normalized spacial score (nSPS) is 11.6. The number of hydrogen-bond donors (Lipinski definition) is 2. The van der Waals surface area contributed by atoms with Crippen molar-refractivity contribution in [2.75, 3.05) is 17.7 Å². The minimum absolute atomic E-state index is 0.109. The molecule has 0 saturated heterocycles. The van der Waals surface area contributed by atoms with Crippen molar-refractivity contribution in [2.45, 2.75) is 26.3 Å². The number of nitrogens with zero attached hydrogens (tertiary/aromatic N) is 4. The van der Waals surface area contributed by atoms with Gasteiger partial charge in [0.15, 0.2) is 0 Å². The lowest BCUT2D eigenvalue weighted by atomic mass is 10.2. The number of anilines is 3. The minimum atomic E-state index is -0.466. The number of ether oxygens (including phenoxy) is 1.